The number of aromatic nitrogens is 3. The third-order valence-corrected chi connectivity index (χ3v) is 5.97. The first-order valence-electron chi connectivity index (χ1n) is 12.0. The number of hydrogen-bond acceptors (Lipinski definition) is 6. The van der Waals surface area contributed by atoms with Gasteiger partial charge in [-0.25, -0.2) is 9.97 Å². The molecule has 0 bridgehead atoms. The largest absolute Gasteiger partial charge is 0.506 e. The molecular weight excluding hydrogens is 410 g/mol. The molecule has 160 valence electrons. The van der Waals surface area contributed by atoms with Crippen molar-refractivity contribution in [1.82, 2.24) is 15.0 Å². The highest BCUT2D eigenvalue weighted by atomic mass is 16.3. The monoisotopic (exact) mass is 434 g/mol. The van der Waals surface area contributed by atoms with Crippen molar-refractivity contribution < 1.29 is 9.22 Å². The van der Waals surface area contributed by atoms with Crippen LogP contribution in [0.3, 0.4) is 0 Å². The molecule has 1 N–H and O–H groups in total. The van der Waals surface area contributed by atoms with Gasteiger partial charge in [-0.1, -0.05) is 30.3 Å². The van der Waals surface area contributed by atoms with Gasteiger partial charge in [-0.2, -0.15) is 0 Å². The van der Waals surface area contributed by atoms with E-state index in [1.54, 1.807) is 30.7 Å². The van der Waals surface area contributed by atoms with E-state index in [-0.39, 0.29) is 16.8 Å². The van der Waals surface area contributed by atoms with Crippen molar-refractivity contribution in [1.29, 1.82) is 0 Å². The fourth-order valence-electron chi connectivity index (χ4n) is 4.36. The van der Waals surface area contributed by atoms with Gasteiger partial charge < -0.3 is 10.0 Å². The van der Waals surface area contributed by atoms with Crippen LogP contribution in [0.5, 0.6) is 5.75 Å². The highest BCUT2D eigenvalue weighted by Crippen LogP contribution is 2.50. The van der Waals surface area contributed by atoms with Crippen LogP contribution in [0.4, 0.5) is 28.6 Å². The van der Waals surface area contributed by atoms with Crippen molar-refractivity contribution in [3.63, 3.8) is 0 Å². The summed E-state index contributed by atoms with van der Waals surface area (Å²) in [4.78, 5) is 17.7. The number of rotatable bonds is 2. The maximum absolute atomic E-state index is 10.5. The molecule has 6 rings (SSSR count). The Hall–Kier alpha value is -4.45. The number of fused-ring (bicyclic) bond motifs is 3. The van der Waals surface area contributed by atoms with Crippen LogP contribution in [0.25, 0.3) is 22.2 Å². The van der Waals surface area contributed by atoms with Crippen molar-refractivity contribution in [3.8, 4) is 17.0 Å². The van der Waals surface area contributed by atoms with Gasteiger partial charge in [0.05, 0.1) is 34.6 Å². The van der Waals surface area contributed by atoms with Crippen LogP contribution in [0.2, 0.25) is 0 Å². The number of para-hydroxylation sites is 2. The third-order valence-electron chi connectivity index (χ3n) is 5.97. The van der Waals surface area contributed by atoms with Gasteiger partial charge in [-0.15, -0.1) is 0 Å². The Morgan fingerprint density at radius 1 is 0.879 bits per heavy atom. The third kappa shape index (κ3) is 2.99. The Morgan fingerprint density at radius 2 is 1.73 bits per heavy atom. The first kappa shape index (κ1) is 16.2. The lowest BCUT2D eigenvalue weighted by atomic mass is 10.0. The van der Waals surface area contributed by atoms with Crippen LogP contribution >= 0.6 is 0 Å². The number of aromatic hydroxyl groups is 1. The van der Waals surface area contributed by atoms with Gasteiger partial charge in [-0.3, -0.25) is 9.88 Å². The molecule has 0 saturated carbocycles. The summed E-state index contributed by atoms with van der Waals surface area (Å²) in [6.07, 6.45) is 5.03. The van der Waals surface area contributed by atoms with Crippen LogP contribution in [-0.4, -0.2) is 27.1 Å². The van der Waals surface area contributed by atoms with Crippen LogP contribution in [0.15, 0.2) is 85.3 Å². The standard InChI is InChI=1S/C27H21N5O/c1-17-7-12-25(33)27-19(17)9-10-20(30-27)18-8-11-22-24(15-18)32(26-16-28-13-14-29-26)23-6-4-3-5-21(23)31(22)2/h3-16,33H,1-2H3/i1D3. The van der Waals surface area contributed by atoms with Gasteiger partial charge in [0.2, 0.25) is 0 Å². The van der Waals surface area contributed by atoms with Crippen molar-refractivity contribution in [2.45, 2.75) is 6.85 Å². The number of phenols is 1. The predicted octanol–water partition coefficient (Wildman–Crippen LogP) is 6.26. The molecule has 1 aliphatic heterocycles. The lowest BCUT2D eigenvalue weighted by Gasteiger charge is -2.38. The fraction of sp³-hybridized carbons (Fsp3) is 0.0741. The van der Waals surface area contributed by atoms with E-state index in [0.717, 1.165) is 28.3 Å². The first-order valence-corrected chi connectivity index (χ1v) is 10.5. The zero-order chi connectivity index (χ0) is 25.0. The molecule has 6 nitrogen and oxygen atoms in total. The van der Waals surface area contributed by atoms with Gasteiger partial charge >= 0.3 is 0 Å². The van der Waals surface area contributed by atoms with Crippen LogP contribution in [0.1, 0.15) is 9.68 Å². The summed E-state index contributed by atoms with van der Waals surface area (Å²) in [6.45, 7) is -2.31. The van der Waals surface area contributed by atoms with Gasteiger partial charge in [0.1, 0.15) is 11.3 Å². The van der Waals surface area contributed by atoms with E-state index in [1.807, 2.05) is 43.4 Å². The van der Waals surface area contributed by atoms with Crippen molar-refractivity contribution in [2.24, 2.45) is 0 Å². The van der Waals surface area contributed by atoms with Gasteiger partial charge in [0, 0.05) is 34.5 Å². The molecular formula is C27H21N5O. The highest BCUT2D eigenvalue weighted by Gasteiger charge is 2.28. The Kier molecular flexibility index (Phi) is 3.59. The molecule has 0 spiro atoms. The van der Waals surface area contributed by atoms with Crippen LogP contribution in [-0.2, 0) is 0 Å². The summed E-state index contributed by atoms with van der Waals surface area (Å²) >= 11 is 0. The number of benzene rings is 3. The molecule has 0 saturated heterocycles. The van der Waals surface area contributed by atoms with Gasteiger partial charge in [-0.05, 0) is 48.8 Å². The molecule has 33 heavy (non-hydrogen) atoms. The molecule has 0 fully saturated rings. The quantitative estimate of drug-likeness (QED) is 0.354. The van der Waals surface area contributed by atoms with E-state index in [2.05, 4.69) is 30.8 Å². The Morgan fingerprint density at radius 3 is 2.55 bits per heavy atom. The minimum absolute atomic E-state index is 0.0624. The number of phenolic OH excluding ortho intramolecular Hbond substituents is 1. The second kappa shape index (κ2) is 7.31. The molecule has 6 heteroatoms. The number of hydrogen-bond donors (Lipinski definition) is 1. The van der Waals surface area contributed by atoms with Crippen molar-refractivity contribution in [2.75, 3.05) is 16.8 Å². The zero-order valence-electron chi connectivity index (χ0n) is 20.8. The Bertz CT molecular complexity index is 1620. The summed E-state index contributed by atoms with van der Waals surface area (Å²) < 4.78 is 23.5. The number of anilines is 5. The number of pyridine rings is 1. The Labute approximate surface area is 195 Å². The van der Waals surface area contributed by atoms with E-state index < -0.39 is 6.85 Å². The van der Waals surface area contributed by atoms with Crippen molar-refractivity contribution in [3.05, 3.63) is 90.9 Å². The molecule has 1 aliphatic rings. The molecule has 3 heterocycles. The van der Waals surface area contributed by atoms with E-state index in [1.165, 1.54) is 12.1 Å². The molecule has 0 atom stereocenters. The summed E-state index contributed by atoms with van der Waals surface area (Å²) in [5, 5.41) is 10.9. The topological polar surface area (TPSA) is 65.4 Å². The highest BCUT2D eigenvalue weighted by molar-refractivity contribution is 5.98. The molecule has 0 aliphatic carbocycles. The van der Waals surface area contributed by atoms with Crippen molar-refractivity contribution >= 4 is 39.5 Å². The number of nitrogens with zero attached hydrogens (tertiary/aromatic N) is 5. The average molecular weight is 435 g/mol. The minimum atomic E-state index is -2.31. The maximum atomic E-state index is 10.5. The fourth-order valence-corrected chi connectivity index (χ4v) is 4.36. The van der Waals surface area contributed by atoms with Gasteiger partial charge in [0.25, 0.3) is 0 Å². The van der Waals surface area contributed by atoms with Gasteiger partial charge in [0.15, 0.2) is 5.82 Å². The van der Waals surface area contributed by atoms with Crippen LogP contribution in [0, 0.1) is 6.85 Å². The maximum Gasteiger partial charge on any atom is 0.156 e. The second-order valence-electron chi connectivity index (χ2n) is 7.88. The lowest BCUT2D eigenvalue weighted by Crippen LogP contribution is -2.24. The van der Waals surface area contributed by atoms with E-state index in [4.69, 9.17) is 4.11 Å². The second-order valence-corrected chi connectivity index (χ2v) is 7.88. The summed E-state index contributed by atoms with van der Waals surface area (Å²) in [5.41, 5.74) is 5.73. The zero-order valence-corrected chi connectivity index (χ0v) is 17.8. The molecule has 5 aromatic rings. The Balaban J connectivity index is 1.54. The van der Waals surface area contributed by atoms with Crippen LogP contribution < -0.4 is 9.80 Å². The minimum Gasteiger partial charge on any atom is -0.506 e. The smallest absolute Gasteiger partial charge is 0.156 e. The average Bonchev–Trinajstić information content (AvgIpc) is 2.88. The SMILES string of the molecule is [2H]C([2H])([2H])c1ccc(O)c2nc(-c3ccc4c(c3)N(c3cnccn3)c3ccccc3N4C)ccc12. The summed E-state index contributed by atoms with van der Waals surface area (Å²) in [6, 6.07) is 20.4. The van der Waals surface area contributed by atoms with E-state index >= 15 is 0 Å². The molecule has 0 amide bonds. The molecule has 0 unspecified atom stereocenters. The van der Waals surface area contributed by atoms with E-state index in [0.29, 0.717) is 16.9 Å². The first-order chi connectivity index (χ1) is 17.3. The predicted molar refractivity (Wildman–Crippen MR) is 132 cm³/mol. The summed E-state index contributed by atoms with van der Waals surface area (Å²) in [5.74, 6) is 0.621. The summed E-state index contributed by atoms with van der Waals surface area (Å²) in [7, 11) is 2.02. The van der Waals surface area contributed by atoms with E-state index in [9.17, 15) is 5.11 Å². The normalized spacial score (nSPS) is 14.3. The lowest BCUT2D eigenvalue weighted by molar-refractivity contribution is 0.480. The molecule has 0 radical (unpaired) electrons. The molecule has 3 aromatic carbocycles. The number of aryl methyl sites for hydroxylation is 1. The molecule has 2 aromatic heterocycles.